The van der Waals surface area contributed by atoms with Crippen LogP contribution in [0.15, 0.2) is 39.9 Å². The zero-order valence-corrected chi connectivity index (χ0v) is 18.4. The van der Waals surface area contributed by atoms with Crippen LogP contribution in [0.4, 0.5) is 0 Å². The first-order chi connectivity index (χ1) is 14.0. The van der Waals surface area contributed by atoms with E-state index in [1.165, 1.54) is 5.56 Å². The van der Waals surface area contributed by atoms with Crippen LogP contribution in [0.5, 0.6) is 0 Å². The Morgan fingerprint density at radius 1 is 1.21 bits per heavy atom. The molecule has 0 aliphatic rings. The maximum atomic E-state index is 5.85. The van der Waals surface area contributed by atoms with Crippen molar-refractivity contribution in [1.29, 1.82) is 0 Å². The van der Waals surface area contributed by atoms with E-state index < -0.39 is 0 Å². The molecule has 1 heterocycles. The summed E-state index contributed by atoms with van der Waals surface area (Å²) in [5, 5.41) is 6.66. The van der Waals surface area contributed by atoms with Crippen molar-refractivity contribution in [3.05, 3.63) is 41.8 Å². The highest BCUT2D eigenvalue weighted by Crippen LogP contribution is 2.19. The Labute approximate surface area is 174 Å². The van der Waals surface area contributed by atoms with Gasteiger partial charge in [0.05, 0.1) is 12.6 Å². The van der Waals surface area contributed by atoms with Crippen molar-refractivity contribution in [3.63, 3.8) is 0 Å². The van der Waals surface area contributed by atoms with Crippen molar-refractivity contribution < 1.29 is 9.15 Å². The third kappa shape index (κ3) is 8.25. The van der Waals surface area contributed by atoms with E-state index in [1.807, 2.05) is 19.1 Å². The van der Waals surface area contributed by atoms with Crippen LogP contribution >= 0.6 is 0 Å². The molecule has 2 N–H and O–H groups in total. The maximum Gasteiger partial charge on any atom is 0.226 e. The minimum atomic E-state index is 0.145. The van der Waals surface area contributed by atoms with Gasteiger partial charge in [-0.2, -0.15) is 0 Å². The maximum absolute atomic E-state index is 5.85. The molecule has 0 saturated heterocycles. The number of nitrogens with one attached hydrogen (secondary N) is 2. The number of nitrogens with zero attached hydrogens (tertiary/aromatic N) is 3. The zero-order valence-electron chi connectivity index (χ0n) is 18.4. The molecule has 0 saturated carbocycles. The summed E-state index contributed by atoms with van der Waals surface area (Å²) < 4.78 is 11.5. The number of aliphatic imine (C=N–C) groups is 1. The Morgan fingerprint density at radius 2 is 1.97 bits per heavy atom. The van der Waals surface area contributed by atoms with E-state index in [2.05, 4.69) is 65.6 Å². The first-order valence-electron chi connectivity index (χ1n) is 10.3. The van der Waals surface area contributed by atoms with E-state index in [0.29, 0.717) is 25.6 Å². The van der Waals surface area contributed by atoms with Gasteiger partial charge in [-0.25, -0.2) is 9.98 Å². The molecule has 0 bridgehead atoms. The molecule has 0 radical (unpaired) electrons. The number of ether oxygens (including phenoxy) is 1. The lowest BCUT2D eigenvalue weighted by atomic mass is 10.1. The molecule has 0 amide bonds. The second-order valence-electron chi connectivity index (χ2n) is 7.26. The zero-order chi connectivity index (χ0) is 21.1. The molecule has 1 aromatic carbocycles. The van der Waals surface area contributed by atoms with Crippen LogP contribution in [0, 0.1) is 6.92 Å². The van der Waals surface area contributed by atoms with Crippen molar-refractivity contribution in [3.8, 4) is 11.5 Å². The van der Waals surface area contributed by atoms with Gasteiger partial charge >= 0.3 is 0 Å². The van der Waals surface area contributed by atoms with Crippen molar-refractivity contribution >= 4 is 5.96 Å². The van der Waals surface area contributed by atoms with Crippen molar-refractivity contribution in [2.75, 3.05) is 40.3 Å². The lowest BCUT2D eigenvalue weighted by Crippen LogP contribution is -2.42. The predicted octanol–water partition coefficient (Wildman–Crippen LogP) is 3.06. The Hall–Kier alpha value is -2.38. The monoisotopic (exact) mass is 401 g/mol. The number of rotatable bonds is 11. The Bertz CT molecular complexity index is 740. The molecule has 29 heavy (non-hydrogen) atoms. The molecule has 1 atom stereocenters. The van der Waals surface area contributed by atoms with E-state index in [1.54, 1.807) is 6.26 Å². The van der Waals surface area contributed by atoms with Gasteiger partial charge in [0.25, 0.3) is 0 Å². The van der Waals surface area contributed by atoms with Crippen LogP contribution < -0.4 is 10.6 Å². The van der Waals surface area contributed by atoms with E-state index in [4.69, 9.17) is 9.15 Å². The molecule has 2 aromatic rings. The average molecular weight is 402 g/mol. The van der Waals surface area contributed by atoms with Crippen LogP contribution in [0.25, 0.3) is 11.5 Å². The fourth-order valence-corrected chi connectivity index (χ4v) is 2.80. The first kappa shape index (κ1) is 22.9. The topological polar surface area (TPSA) is 74.9 Å². The van der Waals surface area contributed by atoms with Crippen molar-refractivity contribution in [2.24, 2.45) is 4.99 Å². The van der Waals surface area contributed by atoms with Crippen LogP contribution in [0.3, 0.4) is 0 Å². The summed E-state index contributed by atoms with van der Waals surface area (Å²) in [5.74, 6) is 1.37. The Kier molecular flexibility index (Phi) is 9.67. The van der Waals surface area contributed by atoms with Gasteiger partial charge in [-0.05, 0) is 53.4 Å². The number of oxazole rings is 1. The number of hydrogen-bond acceptors (Lipinski definition) is 5. The highest BCUT2D eigenvalue weighted by atomic mass is 16.5. The summed E-state index contributed by atoms with van der Waals surface area (Å²) in [7, 11) is 4.15. The number of guanidine groups is 1. The fraction of sp³-hybridized carbons (Fsp3) is 0.545. The largest absolute Gasteiger partial charge is 0.444 e. The van der Waals surface area contributed by atoms with Gasteiger partial charge in [-0.1, -0.05) is 17.7 Å². The van der Waals surface area contributed by atoms with Gasteiger partial charge in [-0.15, -0.1) is 0 Å². The molecule has 1 unspecified atom stereocenters. The number of benzene rings is 1. The normalized spacial score (nSPS) is 13.0. The van der Waals surface area contributed by atoms with Gasteiger partial charge < -0.3 is 24.7 Å². The lowest BCUT2D eigenvalue weighted by Gasteiger charge is -2.21. The lowest BCUT2D eigenvalue weighted by molar-refractivity contribution is 0.0548. The van der Waals surface area contributed by atoms with Crippen molar-refractivity contribution in [2.45, 2.75) is 39.8 Å². The molecule has 0 aliphatic heterocycles. The molecule has 0 spiro atoms. The van der Waals surface area contributed by atoms with Crippen LogP contribution in [0.1, 0.15) is 31.5 Å². The molecule has 2 rings (SSSR count). The van der Waals surface area contributed by atoms with Gasteiger partial charge in [0, 0.05) is 31.8 Å². The van der Waals surface area contributed by atoms with Gasteiger partial charge in [0.15, 0.2) is 5.96 Å². The summed E-state index contributed by atoms with van der Waals surface area (Å²) in [6.07, 6.45) is 2.78. The highest BCUT2D eigenvalue weighted by Gasteiger charge is 2.11. The quantitative estimate of drug-likeness (QED) is 0.445. The minimum Gasteiger partial charge on any atom is -0.444 e. The average Bonchev–Trinajstić information content (AvgIpc) is 3.17. The summed E-state index contributed by atoms with van der Waals surface area (Å²) in [6.45, 7) is 9.77. The number of hydrogen-bond donors (Lipinski definition) is 2. The van der Waals surface area contributed by atoms with Crippen LogP contribution in [-0.4, -0.2) is 62.3 Å². The fourth-order valence-electron chi connectivity index (χ4n) is 2.80. The SMILES string of the molecule is CCNC(=NCc1coc(-c2ccc(C)cc2)n1)NCC(CCN(C)C)OCC. The van der Waals surface area contributed by atoms with E-state index in [9.17, 15) is 0 Å². The molecular weight excluding hydrogens is 366 g/mol. The third-order valence-corrected chi connectivity index (χ3v) is 4.39. The number of aryl methyl sites for hydroxylation is 1. The third-order valence-electron chi connectivity index (χ3n) is 4.39. The summed E-state index contributed by atoms with van der Waals surface area (Å²) in [6, 6.07) is 8.13. The standard InChI is InChI=1S/C22H35N5O2/c1-6-23-22(25-15-20(28-7-2)12-13-27(4)5)24-14-19-16-29-21(26-19)18-10-8-17(3)9-11-18/h8-11,16,20H,6-7,12-15H2,1-5H3,(H2,23,24,25). The summed E-state index contributed by atoms with van der Waals surface area (Å²) >= 11 is 0. The molecule has 7 nitrogen and oxygen atoms in total. The first-order valence-corrected chi connectivity index (χ1v) is 10.3. The van der Waals surface area contributed by atoms with Crippen molar-refractivity contribution in [1.82, 2.24) is 20.5 Å². The molecule has 0 fully saturated rings. The van der Waals surface area contributed by atoms with Crippen LogP contribution in [-0.2, 0) is 11.3 Å². The minimum absolute atomic E-state index is 0.145. The van der Waals surface area contributed by atoms with Gasteiger partial charge in [0.2, 0.25) is 5.89 Å². The van der Waals surface area contributed by atoms with Gasteiger partial charge in [-0.3, -0.25) is 0 Å². The molecule has 1 aromatic heterocycles. The summed E-state index contributed by atoms with van der Waals surface area (Å²) in [5.41, 5.74) is 2.98. The molecular formula is C22H35N5O2. The predicted molar refractivity (Wildman–Crippen MR) is 118 cm³/mol. The smallest absolute Gasteiger partial charge is 0.226 e. The Morgan fingerprint density at radius 3 is 2.62 bits per heavy atom. The summed E-state index contributed by atoms with van der Waals surface area (Å²) in [4.78, 5) is 11.4. The molecule has 160 valence electrons. The van der Waals surface area contributed by atoms with Gasteiger partial charge in [0.1, 0.15) is 12.0 Å². The molecule has 7 heteroatoms. The molecule has 0 aliphatic carbocycles. The van der Waals surface area contributed by atoms with E-state index >= 15 is 0 Å². The Balaban J connectivity index is 1.95. The second-order valence-corrected chi connectivity index (χ2v) is 7.26. The van der Waals surface area contributed by atoms with Crippen LogP contribution in [0.2, 0.25) is 0 Å². The number of aromatic nitrogens is 1. The van der Waals surface area contributed by atoms with E-state index in [-0.39, 0.29) is 6.10 Å². The second kappa shape index (κ2) is 12.2. The highest BCUT2D eigenvalue weighted by molar-refractivity contribution is 5.79. The van der Waals surface area contributed by atoms with E-state index in [0.717, 1.165) is 36.7 Å².